The average Bonchev–Trinajstić information content (AvgIpc) is 3.26. The molecule has 1 amide bonds. The summed E-state index contributed by atoms with van der Waals surface area (Å²) in [6.07, 6.45) is 1.85. The zero-order valence-corrected chi connectivity index (χ0v) is 13.7. The number of nitrogens with one attached hydrogen (secondary N) is 1. The summed E-state index contributed by atoms with van der Waals surface area (Å²) in [6.45, 7) is 4.06. The lowest BCUT2D eigenvalue weighted by Gasteiger charge is -2.21. The Morgan fingerprint density at radius 1 is 1.52 bits per heavy atom. The van der Waals surface area contributed by atoms with Crippen LogP contribution in [0.5, 0.6) is 0 Å². The van der Waals surface area contributed by atoms with Crippen LogP contribution < -0.4 is 5.56 Å². The van der Waals surface area contributed by atoms with Crippen LogP contribution in [-0.4, -0.2) is 50.2 Å². The number of rotatable bonds is 5. The van der Waals surface area contributed by atoms with Crippen LogP contribution in [0.1, 0.15) is 29.8 Å². The van der Waals surface area contributed by atoms with E-state index in [4.69, 9.17) is 0 Å². The van der Waals surface area contributed by atoms with Crippen molar-refractivity contribution in [2.45, 2.75) is 39.2 Å². The van der Waals surface area contributed by atoms with Crippen molar-refractivity contribution in [1.82, 2.24) is 19.5 Å². The predicted octanol–water partition coefficient (Wildman–Crippen LogP) is 0.411. The van der Waals surface area contributed by atoms with Gasteiger partial charge in [0.05, 0.1) is 12.5 Å². The summed E-state index contributed by atoms with van der Waals surface area (Å²) in [6, 6.07) is 1.43. The van der Waals surface area contributed by atoms with Gasteiger partial charge in [0, 0.05) is 36.6 Å². The Labute approximate surface area is 133 Å². The summed E-state index contributed by atoms with van der Waals surface area (Å²) >= 11 is 0. The molecule has 1 aliphatic rings. The number of aliphatic hydroxyl groups is 1. The van der Waals surface area contributed by atoms with E-state index in [2.05, 4.69) is 10.1 Å². The maximum atomic E-state index is 12.4. The maximum Gasteiger partial charge on any atom is 0.266 e. The fourth-order valence-electron chi connectivity index (χ4n) is 2.91. The van der Waals surface area contributed by atoms with E-state index in [-0.39, 0.29) is 17.9 Å². The minimum Gasteiger partial charge on any atom is -0.391 e. The number of aromatic amines is 1. The van der Waals surface area contributed by atoms with E-state index in [9.17, 15) is 14.7 Å². The standard InChI is InChI=1S/C16H22N4O3/c1-9-12(10(2)20-14(17-9)7-15(22)18-20)6-16(23)19(3)8-13(21)11-4-5-11/h7,11,13,21H,4-6,8H2,1-3H3,(H,18,22). The third-order valence-electron chi connectivity index (χ3n) is 4.58. The second kappa shape index (κ2) is 5.81. The predicted molar refractivity (Wildman–Crippen MR) is 85.4 cm³/mol. The van der Waals surface area contributed by atoms with E-state index < -0.39 is 6.10 Å². The van der Waals surface area contributed by atoms with Gasteiger partial charge in [-0.05, 0) is 32.6 Å². The number of hydrogen-bond acceptors (Lipinski definition) is 4. The Bertz CT molecular complexity index is 803. The van der Waals surface area contributed by atoms with Gasteiger partial charge in [-0.15, -0.1) is 0 Å². The van der Waals surface area contributed by atoms with Gasteiger partial charge in [-0.1, -0.05) is 0 Å². The molecule has 0 bridgehead atoms. The lowest BCUT2D eigenvalue weighted by atomic mass is 10.1. The van der Waals surface area contributed by atoms with E-state index in [1.807, 2.05) is 13.8 Å². The van der Waals surface area contributed by atoms with Crippen molar-refractivity contribution in [2.75, 3.05) is 13.6 Å². The van der Waals surface area contributed by atoms with Gasteiger partial charge in [0.1, 0.15) is 0 Å². The van der Waals surface area contributed by atoms with E-state index in [0.29, 0.717) is 18.1 Å². The Morgan fingerprint density at radius 2 is 2.22 bits per heavy atom. The number of fused-ring (bicyclic) bond motifs is 1. The molecule has 2 N–H and O–H groups in total. The number of aromatic nitrogens is 3. The van der Waals surface area contributed by atoms with Gasteiger partial charge in [-0.25, -0.2) is 9.50 Å². The number of carbonyl (C=O) groups is 1. The SMILES string of the molecule is Cc1nc2cc(=O)[nH]n2c(C)c1CC(=O)N(C)CC(O)C1CC1. The summed E-state index contributed by atoms with van der Waals surface area (Å²) in [4.78, 5) is 29.9. The lowest BCUT2D eigenvalue weighted by Crippen LogP contribution is -2.36. The molecule has 1 unspecified atom stereocenters. The zero-order valence-electron chi connectivity index (χ0n) is 13.7. The molecule has 0 aliphatic heterocycles. The molecule has 1 saturated carbocycles. The quantitative estimate of drug-likeness (QED) is 0.835. The highest BCUT2D eigenvalue weighted by atomic mass is 16.3. The van der Waals surface area contributed by atoms with Crippen molar-refractivity contribution in [3.05, 3.63) is 33.4 Å². The number of hydrogen-bond donors (Lipinski definition) is 2. The largest absolute Gasteiger partial charge is 0.391 e. The Morgan fingerprint density at radius 3 is 2.87 bits per heavy atom. The first-order valence-electron chi connectivity index (χ1n) is 7.86. The minimum absolute atomic E-state index is 0.0634. The van der Waals surface area contributed by atoms with Crippen LogP contribution >= 0.6 is 0 Å². The molecule has 0 radical (unpaired) electrons. The normalized spacial score (nSPS) is 15.8. The molecule has 23 heavy (non-hydrogen) atoms. The van der Waals surface area contributed by atoms with Crippen molar-refractivity contribution in [3.8, 4) is 0 Å². The molecule has 3 rings (SSSR count). The van der Waals surface area contributed by atoms with Crippen molar-refractivity contribution in [3.63, 3.8) is 0 Å². The van der Waals surface area contributed by atoms with Crippen LogP contribution in [0, 0.1) is 19.8 Å². The number of H-pyrrole nitrogens is 1. The minimum atomic E-state index is -0.437. The molecule has 7 nitrogen and oxygen atoms in total. The molecule has 2 heterocycles. The third-order valence-corrected chi connectivity index (χ3v) is 4.58. The van der Waals surface area contributed by atoms with Gasteiger partial charge in [0.25, 0.3) is 5.56 Å². The molecule has 7 heteroatoms. The molecule has 2 aromatic rings. The van der Waals surface area contributed by atoms with Crippen LogP contribution in [-0.2, 0) is 11.2 Å². The fraction of sp³-hybridized carbons (Fsp3) is 0.562. The molecule has 124 valence electrons. The summed E-state index contributed by atoms with van der Waals surface area (Å²) in [5.41, 5.74) is 2.69. The van der Waals surface area contributed by atoms with Crippen LogP contribution in [0.25, 0.3) is 5.65 Å². The van der Waals surface area contributed by atoms with E-state index in [1.165, 1.54) is 6.07 Å². The Hall–Kier alpha value is -2.15. The van der Waals surface area contributed by atoms with E-state index in [1.54, 1.807) is 16.5 Å². The van der Waals surface area contributed by atoms with Crippen LogP contribution in [0.4, 0.5) is 0 Å². The van der Waals surface area contributed by atoms with Gasteiger partial charge in [0.2, 0.25) is 5.91 Å². The number of carbonyl (C=O) groups excluding carboxylic acids is 1. The zero-order chi connectivity index (χ0) is 16.7. The highest BCUT2D eigenvalue weighted by molar-refractivity contribution is 5.79. The number of aliphatic hydroxyl groups excluding tert-OH is 1. The highest BCUT2D eigenvalue weighted by Gasteiger charge is 2.31. The van der Waals surface area contributed by atoms with Gasteiger partial charge >= 0.3 is 0 Å². The third kappa shape index (κ3) is 3.14. The molecular formula is C16H22N4O3. The average molecular weight is 318 g/mol. The summed E-state index contributed by atoms with van der Waals surface area (Å²) < 4.78 is 1.61. The second-order valence-corrected chi connectivity index (χ2v) is 6.43. The molecule has 1 atom stereocenters. The molecular weight excluding hydrogens is 296 g/mol. The number of nitrogens with zero attached hydrogens (tertiary/aromatic N) is 3. The second-order valence-electron chi connectivity index (χ2n) is 6.43. The van der Waals surface area contributed by atoms with Gasteiger partial charge in [-0.3, -0.25) is 14.7 Å². The Kier molecular flexibility index (Phi) is 3.97. The van der Waals surface area contributed by atoms with Crippen LogP contribution in [0.3, 0.4) is 0 Å². The van der Waals surface area contributed by atoms with E-state index in [0.717, 1.165) is 29.8 Å². The smallest absolute Gasteiger partial charge is 0.266 e. The molecule has 1 fully saturated rings. The topological polar surface area (TPSA) is 90.7 Å². The lowest BCUT2D eigenvalue weighted by molar-refractivity contribution is -0.130. The summed E-state index contributed by atoms with van der Waals surface area (Å²) in [5, 5.41) is 12.7. The molecule has 2 aromatic heterocycles. The monoisotopic (exact) mass is 318 g/mol. The Balaban J connectivity index is 1.79. The van der Waals surface area contributed by atoms with Crippen LogP contribution in [0.2, 0.25) is 0 Å². The van der Waals surface area contributed by atoms with Crippen molar-refractivity contribution in [1.29, 1.82) is 0 Å². The summed E-state index contributed by atoms with van der Waals surface area (Å²) in [5.74, 6) is 0.281. The first-order chi connectivity index (χ1) is 10.9. The van der Waals surface area contributed by atoms with Gasteiger partial charge < -0.3 is 10.0 Å². The van der Waals surface area contributed by atoms with Crippen LogP contribution in [0.15, 0.2) is 10.9 Å². The van der Waals surface area contributed by atoms with Gasteiger partial charge in [0.15, 0.2) is 5.65 Å². The summed E-state index contributed by atoms with van der Waals surface area (Å²) in [7, 11) is 1.71. The molecule has 0 spiro atoms. The van der Waals surface area contributed by atoms with E-state index >= 15 is 0 Å². The maximum absolute atomic E-state index is 12.4. The highest BCUT2D eigenvalue weighted by Crippen LogP contribution is 2.32. The van der Waals surface area contributed by atoms with Crippen molar-refractivity contribution < 1.29 is 9.90 Å². The molecule has 0 saturated heterocycles. The number of likely N-dealkylation sites (N-methyl/N-ethyl adjacent to an activating group) is 1. The molecule has 1 aliphatic carbocycles. The van der Waals surface area contributed by atoms with Gasteiger partial charge in [-0.2, -0.15) is 0 Å². The molecule has 0 aromatic carbocycles. The fourth-order valence-corrected chi connectivity index (χ4v) is 2.91. The number of aryl methyl sites for hydroxylation is 2. The number of amides is 1. The first-order valence-corrected chi connectivity index (χ1v) is 7.86. The van der Waals surface area contributed by atoms with Crippen molar-refractivity contribution in [2.24, 2.45) is 5.92 Å². The first kappa shape index (κ1) is 15.7. The van der Waals surface area contributed by atoms with Crippen molar-refractivity contribution >= 4 is 11.6 Å².